The van der Waals surface area contributed by atoms with Crippen LogP contribution in [-0.4, -0.2) is 41.5 Å². The van der Waals surface area contributed by atoms with Gasteiger partial charge in [0, 0.05) is 26.5 Å². The van der Waals surface area contributed by atoms with Crippen LogP contribution in [0.25, 0.3) is 11.2 Å². The molecule has 2 heterocycles. The number of fused-ring (bicyclic) bond motifs is 1. The average molecular weight is 332 g/mol. The summed E-state index contributed by atoms with van der Waals surface area (Å²) in [5.74, 6) is 1.18. The lowest BCUT2D eigenvalue weighted by molar-refractivity contribution is 0.0684. The quantitative estimate of drug-likeness (QED) is 0.522. The van der Waals surface area contributed by atoms with Crippen LogP contribution in [0.4, 0.5) is 0 Å². The fourth-order valence-electron chi connectivity index (χ4n) is 2.09. The molecule has 0 aromatic carbocycles. The standard InChI is InChI=1S/C14H19Cl2N3O2/c1-20-6-7-21-5-3-2-4-19-13(9-15)18-12-8-11(16)10-17-14(12)19/h8,10H,2-7,9H2,1H3. The molecule has 2 aromatic rings. The van der Waals surface area contributed by atoms with Gasteiger partial charge in [0.15, 0.2) is 5.65 Å². The molecule has 0 aliphatic rings. The highest BCUT2D eigenvalue weighted by molar-refractivity contribution is 6.31. The third kappa shape index (κ3) is 4.54. The highest BCUT2D eigenvalue weighted by Gasteiger charge is 2.11. The van der Waals surface area contributed by atoms with Crippen LogP contribution in [0.2, 0.25) is 5.02 Å². The van der Waals surface area contributed by atoms with Crippen molar-refractivity contribution in [2.75, 3.05) is 26.9 Å². The Morgan fingerprint density at radius 2 is 2.10 bits per heavy atom. The minimum absolute atomic E-state index is 0.359. The van der Waals surface area contributed by atoms with Gasteiger partial charge in [-0.15, -0.1) is 11.6 Å². The maximum Gasteiger partial charge on any atom is 0.160 e. The molecule has 0 saturated heterocycles. The number of nitrogens with zero attached hydrogens (tertiary/aromatic N) is 3. The zero-order valence-electron chi connectivity index (χ0n) is 12.0. The van der Waals surface area contributed by atoms with Gasteiger partial charge in [0.05, 0.1) is 24.1 Å². The van der Waals surface area contributed by atoms with Crippen LogP contribution in [0.15, 0.2) is 12.3 Å². The van der Waals surface area contributed by atoms with Gasteiger partial charge in [0.25, 0.3) is 0 Å². The Bertz CT molecular complexity index is 575. The number of hydrogen-bond acceptors (Lipinski definition) is 4. The predicted octanol–water partition coefficient (Wildman–Crippen LogP) is 3.27. The van der Waals surface area contributed by atoms with Gasteiger partial charge in [-0.3, -0.25) is 0 Å². The van der Waals surface area contributed by atoms with E-state index in [0.29, 0.717) is 24.1 Å². The van der Waals surface area contributed by atoms with E-state index in [9.17, 15) is 0 Å². The van der Waals surface area contributed by atoms with Crippen LogP contribution in [0.5, 0.6) is 0 Å². The number of rotatable bonds is 9. The highest BCUT2D eigenvalue weighted by Crippen LogP contribution is 2.19. The molecule has 0 atom stereocenters. The molecule has 0 bridgehead atoms. The van der Waals surface area contributed by atoms with Gasteiger partial charge in [-0.25, -0.2) is 9.97 Å². The van der Waals surface area contributed by atoms with Gasteiger partial charge < -0.3 is 14.0 Å². The first-order chi connectivity index (χ1) is 10.3. The summed E-state index contributed by atoms with van der Waals surface area (Å²) in [6.07, 6.45) is 3.58. The normalized spacial score (nSPS) is 11.4. The molecule has 116 valence electrons. The van der Waals surface area contributed by atoms with Crippen molar-refractivity contribution in [2.45, 2.75) is 25.3 Å². The van der Waals surface area contributed by atoms with Crippen molar-refractivity contribution in [2.24, 2.45) is 0 Å². The zero-order chi connectivity index (χ0) is 15.1. The minimum Gasteiger partial charge on any atom is -0.382 e. The van der Waals surface area contributed by atoms with Crippen LogP contribution < -0.4 is 0 Å². The van der Waals surface area contributed by atoms with Crippen molar-refractivity contribution in [3.05, 3.63) is 23.1 Å². The van der Waals surface area contributed by atoms with E-state index >= 15 is 0 Å². The minimum atomic E-state index is 0.359. The van der Waals surface area contributed by atoms with Crippen molar-refractivity contribution in [3.8, 4) is 0 Å². The van der Waals surface area contributed by atoms with E-state index in [4.69, 9.17) is 32.7 Å². The Kier molecular flexibility index (Phi) is 6.70. The first kappa shape index (κ1) is 16.5. The molecule has 0 radical (unpaired) electrons. The zero-order valence-corrected chi connectivity index (χ0v) is 13.5. The molecule has 0 unspecified atom stereocenters. The topological polar surface area (TPSA) is 49.2 Å². The van der Waals surface area contributed by atoms with Gasteiger partial charge in [0.1, 0.15) is 11.3 Å². The molecule has 0 amide bonds. The van der Waals surface area contributed by atoms with Gasteiger partial charge in [-0.05, 0) is 18.9 Å². The third-order valence-corrected chi connectivity index (χ3v) is 3.55. The second-order valence-corrected chi connectivity index (χ2v) is 5.33. The van der Waals surface area contributed by atoms with E-state index in [1.165, 1.54) is 0 Å². The van der Waals surface area contributed by atoms with Crippen LogP contribution in [0.1, 0.15) is 18.7 Å². The van der Waals surface area contributed by atoms with E-state index in [1.807, 2.05) is 10.6 Å². The number of pyridine rings is 1. The Hall–Kier alpha value is -0.880. The Balaban J connectivity index is 1.91. The maximum atomic E-state index is 5.96. The first-order valence-electron chi connectivity index (χ1n) is 6.89. The monoisotopic (exact) mass is 331 g/mol. The highest BCUT2D eigenvalue weighted by atomic mass is 35.5. The molecular weight excluding hydrogens is 313 g/mol. The second-order valence-electron chi connectivity index (χ2n) is 4.62. The number of hydrogen-bond donors (Lipinski definition) is 0. The third-order valence-electron chi connectivity index (χ3n) is 3.10. The van der Waals surface area contributed by atoms with Crippen molar-refractivity contribution >= 4 is 34.4 Å². The summed E-state index contributed by atoms with van der Waals surface area (Å²) in [5, 5.41) is 0.583. The SMILES string of the molecule is COCCOCCCCn1c(CCl)nc2cc(Cl)cnc21. The molecule has 0 N–H and O–H groups in total. The Morgan fingerprint density at radius 3 is 2.86 bits per heavy atom. The van der Waals surface area contributed by atoms with E-state index in [1.54, 1.807) is 13.3 Å². The summed E-state index contributed by atoms with van der Waals surface area (Å²) in [7, 11) is 1.67. The predicted molar refractivity (Wildman–Crippen MR) is 84.0 cm³/mol. The summed E-state index contributed by atoms with van der Waals surface area (Å²) < 4.78 is 12.4. The van der Waals surface area contributed by atoms with Gasteiger partial charge >= 0.3 is 0 Å². The molecule has 2 aromatic heterocycles. The lowest BCUT2D eigenvalue weighted by atomic mass is 10.3. The fourth-order valence-corrected chi connectivity index (χ4v) is 2.44. The fraction of sp³-hybridized carbons (Fsp3) is 0.571. The van der Waals surface area contributed by atoms with Crippen molar-refractivity contribution in [3.63, 3.8) is 0 Å². The maximum absolute atomic E-state index is 5.96. The number of ether oxygens (including phenoxy) is 2. The van der Waals surface area contributed by atoms with E-state index in [-0.39, 0.29) is 0 Å². The van der Waals surface area contributed by atoms with Crippen LogP contribution in [0, 0.1) is 0 Å². The molecule has 0 fully saturated rings. The molecule has 5 nitrogen and oxygen atoms in total. The molecule has 0 spiro atoms. The molecular formula is C14H19Cl2N3O2. The van der Waals surface area contributed by atoms with Crippen LogP contribution >= 0.6 is 23.2 Å². The van der Waals surface area contributed by atoms with Gasteiger partial charge in [-0.1, -0.05) is 11.6 Å². The Morgan fingerprint density at radius 1 is 1.24 bits per heavy atom. The number of methoxy groups -OCH3 is 1. The summed E-state index contributed by atoms with van der Waals surface area (Å²) in [5.41, 5.74) is 1.62. The number of unbranched alkanes of at least 4 members (excludes halogenated alkanes) is 1. The first-order valence-corrected chi connectivity index (χ1v) is 7.81. The summed E-state index contributed by atoms with van der Waals surface area (Å²) in [6, 6.07) is 1.81. The summed E-state index contributed by atoms with van der Waals surface area (Å²) in [6.45, 7) is 2.82. The van der Waals surface area contributed by atoms with Crippen molar-refractivity contribution in [1.82, 2.24) is 14.5 Å². The van der Waals surface area contributed by atoms with Gasteiger partial charge in [0.2, 0.25) is 0 Å². The molecule has 2 rings (SSSR count). The number of aromatic nitrogens is 3. The molecule has 21 heavy (non-hydrogen) atoms. The molecule has 0 aliphatic carbocycles. The van der Waals surface area contributed by atoms with Crippen LogP contribution in [0.3, 0.4) is 0 Å². The van der Waals surface area contributed by atoms with E-state index < -0.39 is 0 Å². The smallest absolute Gasteiger partial charge is 0.160 e. The average Bonchev–Trinajstić information content (AvgIpc) is 2.83. The number of alkyl halides is 1. The summed E-state index contributed by atoms with van der Waals surface area (Å²) >= 11 is 11.9. The number of imidazole rings is 1. The molecule has 0 aliphatic heterocycles. The Labute approximate surface area is 134 Å². The van der Waals surface area contributed by atoms with Gasteiger partial charge in [-0.2, -0.15) is 0 Å². The van der Waals surface area contributed by atoms with Crippen LogP contribution in [-0.2, 0) is 21.9 Å². The number of halogens is 2. The second kappa shape index (κ2) is 8.54. The van der Waals surface area contributed by atoms with E-state index in [2.05, 4.69) is 9.97 Å². The van der Waals surface area contributed by atoms with Crippen molar-refractivity contribution < 1.29 is 9.47 Å². The summed E-state index contributed by atoms with van der Waals surface area (Å²) in [4.78, 5) is 8.82. The molecule has 7 heteroatoms. The lowest BCUT2D eigenvalue weighted by Gasteiger charge is -2.07. The lowest BCUT2D eigenvalue weighted by Crippen LogP contribution is -2.06. The number of aryl methyl sites for hydroxylation is 1. The largest absolute Gasteiger partial charge is 0.382 e. The van der Waals surface area contributed by atoms with Crippen molar-refractivity contribution in [1.29, 1.82) is 0 Å². The van der Waals surface area contributed by atoms with E-state index in [0.717, 1.165) is 43.0 Å². The molecule has 0 saturated carbocycles.